The van der Waals surface area contributed by atoms with Gasteiger partial charge in [-0.25, -0.2) is 9.97 Å². The van der Waals surface area contributed by atoms with Crippen LogP contribution in [0.2, 0.25) is 0 Å². The van der Waals surface area contributed by atoms with Gasteiger partial charge in [0.1, 0.15) is 0 Å². The number of rotatable bonds is 0. The van der Waals surface area contributed by atoms with Gasteiger partial charge in [0.25, 0.3) is 0 Å². The van der Waals surface area contributed by atoms with E-state index in [0.717, 1.165) is 22.1 Å². The largest absolute Gasteiger partial charge is 0.353 e. The van der Waals surface area contributed by atoms with Crippen molar-refractivity contribution >= 4 is 88.3 Å². The summed E-state index contributed by atoms with van der Waals surface area (Å²) in [6.07, 6.45) is 30.7. The second-order valence-corrected chi connectivity index (χ2v) is 7.08. The number of aromatic amines is 2. The summed E-state index contributed by atoms with van der Waals surface area (Å²) in [4.78, 5) is 16.0. The fraction of sp³-hybridized carbons (Fsp3) is 0. The Morgan fingerprint density at radius 2 is 0.735 bits per heavy atom. The average Bonchev–Trinajstić information content (AvgIpc) is 3.59. The molecule has 8 bridgehead atoms. The van der Waals surface area contributed by atoms with Gasteiger partial charge in [-0.15, -0.1) is 25.7 Å². The maximum absolute atomic E-state index is 5.84. The van der Waals surface area contributed by atoms with Crippen LogP contribution in [0.15, 0.2) is 24.3 Å². The number of fused-ring (bicyclic) bond motifs is 8. The second-order valence-electron chi connectivity index (χ2n) is 7.08. The van der Waals surface area contributed by atoms with Crippen LogP contribution in [0.1, 0.15) is 45.0 Å². The van der Waals surface area contributed by atoms with Crippen LogP contribution in [0, 0.1) is 49.4 Å². The summed E-state index contributed by atoms with van der Waals surface area (Å²) in [5, 5.41) is 0. The van der Waals surface area contributed by atoms with Gasteiger partial charge in [0.15, 0.2) is 0 Å². The Morgan fingerprint density at radius 3 is 0.941 bits per heavy atom. The van der Waals surface area contributed by atoms with Gasteiger partial charge in [-0.05, 0) is 48.6 Å². The van der Waals surface area contributed by atoms with E-state index in [1.807, 2.05) is 48.6 Å². The Hall–Kier alpha value is -3.80. The van der Waals surface area contributed by atoms with Crippen LogP contribution in [0.25, 0.3) is 46.4 Å². The average molecular weight is 438 g/mol. The van der Waals surface area contributed by atoms with E-state index in [4.69, 9.17) is 35.7 Å². The number of nitrogens with zero attached hydrogens (tertiary/aromatic N) is 2. The molecule has 0 amide bonds. The maximum Gasteiger partial charge on any atom is 0.0815 e. The number of hydrogen-bond acceptors (Lipinski definition) is 2. The molecular formula is C28H14LiMgN4. The predicted octanol–water partition coefficient (Wildman–Crippen LogP) is 3.82. The molecule has 6 heteroatoms. The zero-order chi connectivity index (χ0) is 22.2. The van der Waals surface area contributed by atoms with Gasteiger partial charge in [-0.3, -0.25) is 0 Å². The van der Waals surface area contributed by atoms with Crippen LogP contribution in [0.5, 0.6) is 0 Å². The zero-order valence-electron chi connectivity index (χ0n) is 18.5. The summed E-state index contributed by atoms with van der Waals surface area (Å²) in [6.45, 7) is 0. The maximum atomic E-state index is 5.84. The van der Waals surface area contributed by atoms with Gasteiger partial charge in [0.2, 0.25) is 0 Å². The minimum absolute atomic E-state index is 0. The fourth-order valence-electron chi connectivity index (χ4n) is 3.81. The zero-order valence-corrected chi connectivity index (χ0v) is 19.9. The summed E-state index contributed by atoms with van der Waals surface area (Å²) < 4.78 is 0. The molecule has 5 rings (SSSR count). The first kappa shape index (κ1) is 24.8. The van der Waals surface area contributed by atoms with Crippen molar-refractivity contribution in [1.82, 2.24) is 19.9 Å². The summed E-state index contributed by atoms with van der Waals surface area (Å²) in [5.74, 6) is 10.9. The van der Waals surface area contributed by atoms with Crippen LogP contribution in [-0.4, -0.2) is 61.8 Å². The van der Waals surface area contributed by atoms with Crippen LogP contribution in [-0.2, 0) is 0 Å². The fourth-order valence-corrected chi connectivity index (χ4v) is 3.81. The topological polar surface area (TPSA) is 57.4 Å². The minimum Gasteiger partial charge on any atom is -0.353 e. The van der Waals surface area contributed by atoms with Crippen molar-refractivity contribution in [1.29, 1.82) is 0 Å². The molecule has 3 radical (unpaired) electrons. The van der Waals surface area contributed by atoms with Gasteiger partial charge in [-0.2, -0.15) is 0 Å². The Balaban J connectivity index is 0.00000162. The molecule has 5 heterocycles. The molecular weight excluding hydrogens is 424 g/mol. The van der Waals surface area contributed by atoms with Gasteiger partial charge in [-0.1, -0.05) is 23.7 Å². The molecule has 4 nitrogen and oxygen atoms in total. The van der Waals surface area contributed by atoms with Crippen molar-refractivity contribution in [3.8, 4) is 49.4 Å². The first-order valence-electron chi connectivity index (χ1n) is 9.69. The van der Waals surface area contributed by atoms with Crippen LogP contribution >= 0.6 is 0 Å². The molecule has 0 aliphatic carbocycles. The Labute approximate surface area is 225 Å². The summed E-state index contributed by atoms with van der Waals surface area (Å²) in [7, 11) is 0. The molecule has 0 unspecified atom stereocenters. The molecule has 0 spiro atoms. The van der Waals surface area contributed by atoms with Crippen molar-refractivity contribution in [3.05, 3.63) is 69.3 Å². The first-order chi connectivity index (χ1) is 15.7. The summed E-state index contributed by atoms with van der Waals surface area (Å²) >= 11 is 0. The Morgan fingerprint density at radius 1 is 0.500 bits per heavy atom. The molecule has 2 N–H and O–H groups in total. The van der Waals surface area contributed by atoms with E-state index in [1.165, 1.54) is 0 Å². The van der Waals surface area contributed by atoms with Gasteiger partial charge >= 0.3 is 0 Å². The molecule has 0 saturated heterocycles. The van der Waals surface area contributed by atoms with E-state index in [9.17, 15) is 0 Å². The third-order valence-corrected chi connectivity index (χ3v) is 5.33. The van der Waals surface area contributed by atoms with E-state index >= 15 is 0 Å². The quantitative estimate of drug-likeness (QED) is 0.286. The number of terminal acetylenes is 4. The van der Waals surface area contributed by atoms with E-state index in [2.05, 4.69) is 33.6 Å². The first-order valence-corrected chi connectivity index (χ1v) is 9.69. The third-order valence-electron chi connectivity index (χ3n) is 5.33. The monoisotopic (exact) mass is 437 g/mol. The van der Waals surface area contributed by atoms with Gasteiger partial charge in [0, 0.05) is 41.9 Å². The molecule has 2 aliphatic heterocycles. The second kappa shape index (κ2) is 10.00. The number of nitrogens with one attached hydrogen (secondary N) is 2. The third kappa shape index (κ3) is 4.00. The summed E-state index contributed by atoms with van der Waals surface area (Å²) in [6, 6.07) is 7.50. The molecule has 0 fully saturated rings. The van der Waals surface area contributed by atoms with Crippen molar-refractivity contribution < 1.29 is 0 Å². The molecule has 0 atom stereocenters. The molecule has 34 heavy (non-hydrogen) atoms. The number of H-pyrrole nitrogens is 2. The van der Waals surface area contributed by atoms with Crippen molar-refractivity contribution in [3.63, 3.8) is 0 Å². The van der Waals surface area contributed by atoms with E-state index < -0.39 is 0 Å². The van der Waals surface area contributed by atoms with Gasteiger partial charge in [0.05, 0.1) is 67.1 Å². The number of aromatic nitrogens is 4. The molecule has 2 aliphatic rings. The van der Waals surface area contributed by atoms with E-state index in [-0.39, 0.29) is 41.9 Å². The molecule has 0 saturated carbocycles. The van der Waals surface area contributed by atoms with Crippen molar-refractivity contribution in [2.75, 3.05) is 0 Å². The normalized spacial score (nSPS) is 10.7. The Kier molecular flexibility index (Phi) is 7.30. The molecule has 0 aromatic carbocycles. The van der Waals surface area contributed by atoms with E-state index in [0.29, 0.717) is 45.0 Å². The number of hydrogen-bond donors (Lipinski definition) is 2. The smallest absolute Gasteiger partial charge is 0.0815 e. The van der Waals surface area contributed by atoms with Crippen molar-refractivity contribution in [2.45, 2.75) is 0 Å². The minimum atomic E-state index is 0. The summed E-state index contributed by atoms with van der Waals surface area (Å²) in [5.41, 5.74) is 7.84. The van der Waals surface area contributed by atoms with Crippen LogP contribution in [0.3, 0.4) is 0 Å². The molecule has 3 aromatic rings. The van der Waals surface area contributed by atoms with Crippen molar-refractivity contribution in [2.24, 2.45) is 0 Å². The van der Waals surface area contributed by atoms with Crippen LogP contribution < -0.4 is 0 Å². The molecule has 149 valence electrons. The SMILES string of the molecule is C#Cc1c2nc(c(C#C)c3ccc([nH]3)c(C#C)c3nc(c(C#C)c4ccc1[nH]4)C=C3)C=C2.[Li].[Mg]. The van der Waals surface area contributed by atoms with Gasteiger partial charge < -0.3 is 9.97 Å². The Bertz CT molecular complexity index is 1470. The van der Waals surface area contributed by atoms with Crippen LogP contribution in [0.4, 0.5) is 0 Å². The van der Waals surface area contributed by atoms with E-state index in [1.54, 1.807) is 0 Å². The predicted molar refractivity (Wildman–Crippen MR) is 142 cm³/mol. The molecule has 3 aromatic heterocycles. The standard InChI is InChI=1S/C28H14N4.Li.Mg/c1-5-17-21-9-11-23(29-21)18(6-2)25-13-15-27(31-25)20(8-4)28-16-14-26(32-28)19(7-3)24-12-10-22(17)30-24;;/h1-4,9-16,29,32H;;.